The normalized spacial score (nSPS) is 14.1. The zero-order chi connectivity index (χ0) is 15.8. The molecule has 0 unspecified atom stereocenters. The highest BCUT2D eigenvalue weighted by molar-refractivity contribution is 6.15. The second-order valence-electron chi connectivity index (χ2n) is 5.48. The first-order chi connectivity index (χ1) is 10.7. The highest BCUT2D eigenvalue weighted by Gasteiger charge is 2.25. The Morgan fingerprint density at radius 3 is 2.64 bits per heavy atom. The molecule has 0 fully saturated rings. The fourth-order valence-corrected chi connectivity index (χ4v) is 2.38. The fourth-order valence-electron chi connectivity index (χ4n) is 2.38. The van der Waals surface area contributed by atoms with Gasteiger partial charge in [0.25, 0.3) is 5.91 Å². The van der Waals surface area contributed by atoms with Gasteiger partial charge in [0.15, 0.2) is 0 Å². The van der Waals surface area contributed by atoms with Gasteiger partial charge in [-0.15, -0.1) is 0 Å². The molecular formula is C17H23N3O2. The Kier molecular flexibility index (Phi) is 6.13. The highest BCUT2D eigenvalue weighted by atomic mass is 16.2. The van der Waals surface area contributed by atoms with Crippen molar-refractivity contribution in [2.45, 2.75) is 51.9 Å². The number of anilines is 1. The molecule has 0 radical (unpaired) electrons. The number of nitrogens with one attached hydrogen (secondary N) is 1. The van der Waals surface area contributed by atoms with E-state index in [9.17, 15) is 9.59 Å². The molecule has 1 N–H and O–H groups in total. The first-order valence-corrected chi connectivity index (χ1v) is 7.96. The van der Waals surface area contributed by atoms with Crippen molar-refractivity contribution in [1.82, 2.24) is 5.32 Å². The number of benzene rings is 1. The predicted molar refractivity (Wildman–Crippen MR) is 87.5 cm³/mol. The third-order valence-corrected chi connectivity index (χ3v) is 3.57. The van der Waals surface area contributed by atoms with Crippen LogP contribution in [0.4, 0.5) is 5.69 Å². The number of nitrogens with zero attached hydrogens (tertiary/aromatic N) is 2. The Morgan fingerprint density at radius 2 is 1.91 bits per heavy atom. The Hall–Kier alpha value is -2.17. The maximum absolute atomic E-state index is 12.0. The number of amides is 2. The number of hydrazone groups is 1. The molecule has 0 aromatic heterocycles. The summed E-state index contributed by atoms with van der Waals surface area (Å²) in [5.74, 6) is 0.259. The molecule has 2 rings (SSSR count). The first kappa shape index (κ1) is 16.2. The van der Waals surface area contributed by atoms with E-state index in [1.54, 1.807) is 0 Å². The van der Waals surface area contributed by atoms with Crippen LogP contribution < -0.4 is 10.3 Å². The summed E-state index contributed by atoms with van der Waals surface area (Å²) in [6.07, 6.45) is 6.18. The van der Waals surface area contributed by atoms with Gasteiger partial charge in [-0.05, 0) is 18.6 Å². The van der Waals surface area contributed by atoms with E-state index < -0.39 is 0 Å². The molecule has 2 amide bonds. The lowest BCUT2D eigenvalue weighted by atomic mass is 10.1. The Balaban J connectivity index is 1.81. The lowest BCUT2D eigenvalue weighted by Gasteiger charge is -2.10. The van der Waals surface area contributed by atoms with Crippen LogP contribution >= 0.6 is 0 Å². The minimum atomic E-state index is -0.121. The number of hydrogen-bond acceptors (Lipinski definition) is 3. The number of hydrogen-bond donors (Lipinski definition) is 1. The fraction of sp³-hybridized carbons (Fsp3) is 0.471. The van der Waals surface area contributed by atoms with E-state index in [1.807, 2.05) is 30.3 Å². The van der Waals surface area contributed by atoms with Crippen molar-refractivity contribution in [3.05, 3.63) is 30.3 Å². The van der Waals surface area contributed by atoms with Gasteiger partial charge < -0.3 is 5.32 Å². The van der Waals surface area contributed by atoms with Gasteiger partial charge in [-0.1, -0.05) is 50.8 Å². The van der Waals surface area contributed by atoms with Crippen molar-refractivity contribution in [2.24, 2.45) is 5.10 Å². The summed E-state index contributed by atoms with van der Waals surface area (Å²) < 4.78 is 0. The van der Waals surface area contributed by atoms with Crippen LogP contribution in [-0.2, 0) is 9.59 Å². The zero-order valence-corrected chi connectivity index (χ0v) is 13.0. The van der Waals surface area contributed by atoms with Crippen LogP contribution in [0.2, 0.25) is 0 Å². The second-order valence-corrected chi connectivity index (χ2v) is 5.48. The maximum Gasteiger partial charge on any atom is 0.255 e. The van der Waals surface area contributed by atoms with Crippen molar-refractivity contribution < 1.29 is 9.59 Å². The molecule has 0 saturated heterocycles. The van der Waals surface area contributed by atoms with E-state index in [4.69, 9.17) is 0 Å². The molecule has 1 heterocycles. The van der Waals surface area contributed by atoms with E-state index in [1.165, 1.54) is 24.3 Å². The van der Waals surface area contributed by atoms with Gasteiger partial charge in [0, 0.05) is 6.42 Å². The summed E-state index contributed by atoms with van der Waals surface area (Å²) >= 11 is 0. The van der Waals surface area contributed by atoms with Gasteiger partial charge in [-0.25, -0.2) is 0 Å². The van der Waals surface area contributed by atoms with E-state index in [2.05, 4.69) is 17.3 Å². The van der Waals surface area contributed by atoms with Gasteiger partial charge in [0.2, 0.25) is 5.91 Å². The highest BCUT2D eigenvalue weighted by Crippen LogP contribution is 2.19. The van der Waals surface area contributed by atoms with E-state index in [-0.39, 0.29) is 18.2 Å². The summed E-state index contributed by atoms with van der Waals surface area (Å²) in [6.45, 7) is 2.17. The van der Waals surface area contributed by atoms with Crippen molar-refractivity contribution in [3.63, 3.8) is 0 Å². The average Bonchev–Trinajstić information content (AvgIpc) is 2.88. The smallest absolute Gasteiger partial charge is 0.255 e. The molecular weight excluding hydrogens is 278 g/mol. The molecule has 1 aromatic rings. The van der Waals surface area contributed by atoms with Crippen molar-refractivity contribution in [3.8, 4) is 0 Å². The van der Waals surface area contributed by atoms with Gasteiger partial charge in [-0.2, -0.15) is 10.1 Å². The number of amidine groups is 1. The second kappa shape index (κ2) is 8.32. The topological polar surface area (TPSA) is 61.8 Å². The zero-order valence-electron chi connectivity index (χ0n) is 13.0. The standard InChI is InChI=1S/C17H23N3O2/c1-2-3-4-5-9-12-16(21)18-15-13-17(22)20(19-15)14-10-7-6-8-11-14/h6-8,10-11H,2-5,9,12-13H2,1H3,(H,18,19,21). The van der Waals surface area contributed by atoms with E-state index in [0.29, 0.717) is 12.3 Å². The molecule has 22 heavy (non-hydrogen) atoms. The Bertz CT molecular complexity index is 540. The molecule has 0 aliphatic carbocycles. The molecule has 1 aliphatic rings. The summed E-state index contributed by atoms with van der Waals surface area (Å²) in [4.78, 5) is 23.8. The predicted octanol–water partition coefficient (Wildman–Crippen LogP) is 3.21. The van der Waals surface area contributed by atoms with Crippen molar-refractivity contribution >= 4 is 23.3 Å². The van der Waals surface area contributed by atoms with Crippen LogP contribution in [0.5, 0.6) is 0 Å². The molecule has 118 valence electrons. The number of carbonyl (C=O) groups excluding carboxylic acids is 2. The van der Waals surface area contributed by atoms with Crippen LogP contribution in [0.25, 0.3) is 0 Å². The van der Waals surface area contributed by atoms with Gasteiger partial charge >= 0.3 is 0 Å². The van der Waals surface area contributed by atoms with Crippen LogP contribution in [-0.4, -0.2) is 17.6 Å². The molecule has 0 bridgehead atoms. The van der Waals surface area contributed by atoms with Gasteiger partial charge in [0.05, 0.1) is 12.1 Å². The molecule has 0 spiro atoms. The Morgan fingerprint density at radius 1 is 1.18 bits per heavy atom. The average molecular weight is 301 g/mol. The molecule has 0 atom stereocenters. The third kappa shape index (κ3) is 4.69. The van der Waals surface area contributed by atoms with Gasteiger partial charge in [-0.3, -0.25) is 9.59 Å². The monoisotopic (exact) mass is 301 g/mol. The lowest BCUT2D eigenvalue weighted by molar-refractivity contribution is -0.119. The SMILES string of the molecule is CCCCCCCC(=O)NC1=NN(c2ccccc2)C(=O)C1. The summed E-state index contributed by atoms with van der Waals surface area (Å²) in [7, 11) is 0. The molecule has 5 heteroatoms. The number of carbonyl (C=O) groups is 2. The van der Waals surface area contributed by atoms with Crippen LogP contribution in [0, 0.1) is 0 Å². The minimum Gasteiger partial charge on any atom is -0.312 e. The largest absolute Gasteiger partial charge is 0.312 e. The van der Waals surface area contributed by atoms with Gasteiger partial charge in [0.1, 0.15) is 5.84 Å². The molecule has 0 saturated carbocycles. The van der Waals surface area contributed by atoms with Crippen molar-refractivity contribution in [2.75, 3.05) is 5.01 Å². The minimum absolute atomic E-state index is 0.0574. The summed E-state index contributed by atoms with van der Waals surface area (Å²) in [6, 6.07) is 9.23. The quantitative estimate of drug-likeness (QED) is 0.786. The van der Waals surface area contributed by atoms with Crippen LogP contribution in [0.15, 0.2) is 35.4 Å². The maximum atomic E-state index is 12.0. The number of para-hydroxylation sites is 1. The van der Waals surface area contributed by atoms with Crippen molar-refractivity contribution in [1.29, 1.82) is 0 Å². The Labute approximate surface area is 131 Å². The van der Waals surface area contributed by atoms with Crippen LogP contribution in [0.3, 0.4) is 0 Å². The number of rotatable bonds is 7. The lowest BCUT2D eigenvalue weighted by Crippen LogP contribution is -2.29. The summed E-state index contributed by atoms with van der Waals surface area (Å²) in [5.41, 5.74) is 0.719. The van der Waals surface area contributed by atoms with Crippen LogP contribution in [0.1, 0.15) is 51.9 Å². The molecule has 5 nitrogen and oxygen atoms in total. The summed E-state index contributed by atoms with van der Waals surface area (Å²) in [5, 5.41) is 8.30. The molecule has 1 aliphatic heterocycles. The van der Waals surface area contributed by atoms with E-state index in [0.717, 1.165) is 18.5 Å². The number of unbranched alkanes of at least 4 members (excludes halogenated alkanes) is 4. The molecule has 1 aromatic carbocycles. The third-order valence-electron chi connectivity index (χ3n) is 3.57. The van der Waals surface area contributed by atoms with E-state index >= 15 is 0 Å². The first-order valence-electron chi connectivity index (χ1n) is 7.96.